The number of nitrogens with zero attached hydrogens (tertiary/aromatic N) is 2. The SMILES string of the molecule is Cc1cccc(N/C=C(/C#N)C(=O)Nc2ccc(Cl)c([N+](=O)[O-])c2)c1C. The number of rotatable bonds is 5. The number of nitro benzene ring substituents is 1. The van der Waals surface area contributed by atoms with Crippen LogP contribution in [0.5, 0.6) is 0 Å². The number of amides is 1. The highest BCUT2D eigenvalue weighted by atomic mass is 35.5. The molecule has 0 spiro atoms. The molecular formula is C18H15ClN4O3. The Morgan fingerprint density at radius 1 is 1.31 bits per heavy atom. The van der Waals surface area contributed by atoms with Crippen LogP contribution in [0.3, 0.4) is 0 Å². The van der Waals surface area contributed by atoms with Crippen LogP contribution in [0.15, 0.2) is 48.2 Å². The minimum atomic E-state index is -0.693. The number of carbonyl (C=O) groups is 1. The van der Waals surface area contributed by atoms with E-state index >= 15 is 0 Å². The smallest absolute Gasteiger partial charge is 0.289 e. The number of carbonyl (C=O) groups excluding carboxylic acids is 1. The Balaban J connectivity index is 2.19. The third-order valence-corrected chi connectivity index (χ3v) is 4.06. The molecule has 0 unspecified atom stereocenters. The fraction of sp³-hybridized carbons (Fsp3) is 0.111. The summed E-state index contributed by atoms with van der Waals surface area (Å²) in [5.74, 6) is -0.693. The average molecular weight is 371 g/mol. The number of nitriles is 1. The topological polar surface area (TPSA) is 108 Å². The van der Waals surface area contributed by atoms with E-state index < -0.39 is 10.8 Å². The van der Waals surface area contributed by atoms with Gasteiger partial charge in [-0.05, 0) is 43.2 Å². The fourth-order valence-corrected chi connectivity index (χ4v) is 2.32. The summed E-state index contributed by atoms with van der Waals surface area (Å²) >= 11 is 5.73. The molecule has 0 aliphatic heterocycles. The van der Waals surface area contributed by atoms with Crippen LogP contribution in [-0.2, 0) is 4.79 Å². The summed E-state index contributed by atoms with van der Waals surface area (Å²) in [4.78, 5) is 22.5. The zero-order valence-corrected chi connectivity index (χ0v) is 14.8. The first-order valence-corrected chi connectivity index (χ1v) is 7.89. The average Bonchev–Trinajstić information content (AvgIpc) is 2.60. The van der Waals surface area contributed by atoms with Crippen LogP contribution in [0.4, 0.5) is 17.1 Å². The first-order chi connectivity index (χ1) is 12.3. The maximum atomic E-state index is 12.2. The lowest BCUT2D eigenvalue weighted by Crippen LogP contribution is -2.14. The van der Waals surface area contributed by atoms with Crippen LogP contribution in [0.25, 0.3) is 0 Å². The highest BCUT2D eigenvalue weighted by Gasteiger charge is 2.15. The highest BCUT2D eigenvalue weighted by Crippen LogP contribution is 2.27. The van der Waals surface area contributed by atoms with Gasteiger partial charge in [0.05, 0.1) is 4.92 Å². The third kappa shape index (κ3) is 4.37. The van der Waals surface area contributed by atoms with E-state index in [9.17, 15) is 20.2 Å². The summed E-state index contributed by atoms with van der Waals surface area (Å²) in [6.45, 7) is 3.88. The molecule has 0 atom stereocenters. The van der Waals surface area contributed by atoms with Gasteiger partial charge >= 0.3 is 0 Å². The van der Waals surface area contributed by atoms with Gasteiger partial charge in [0.15, 0.2) is 0 Å². The van der Waals surface area contributed by atoms with Gasteiger partial charge < -0.3 is 10.6 Å². The van der Waals surface area contributed by atoms with Gasteiger partial charge in [0.1, 0.15) is 16.7 Å². The van der Waals surface area contributed by atoms with Gasteiger partial charge in [-0.15, -0.1) is 0 Å². The monoisotopic (exact) mass is 370 g/mol. The molecule has 7 nitrogen and oxygen atoms in total. The number of halogens is 1. The Hall–Kier alpha value is -3.37. The first kappa shape index (κ1) is 19.0. The van der Waals surface area contributed by atoms with Gasteiger partial charge in [0, 0.05) is 23.6 Å². The predicted octanol–water partition coefficient (Wildman–Crippen LogP) is 4.32. The number of nitro groups is 1. The van der Waals surface area contributed by atoms with E-state index in [1.165, 1.54) is 18.3 Å². The van der Waals surface area contributed by atoms with Crippen LogP contribution in [-0.4, -0.2) is 10.8 Å². The second kappa shape index (κ2) is 8.14. The maximum Gasteiger partial charge on any atom is 0.289 e. The molecule has 2 aromatic rings. The molecule has 26 heavy (non-hydrogen) atoms. The number of aryl methyl sites for hydroxylation is 1. The van der Waals surface area contributed by atoms with Crippen molar-refractivity contribution in [3.63, 3.8) is 0 Å². The Morgan fingerprint density at radius 2 is 2.04 bits per heavy atom. The Kier molecular flexibility index (Phi) is 5.94. The molecule has 132 valence electrons. The van der Waals surface area contributed by atoms with Crippen molar-refractivity contribution in [3.05, 3.63) is 74.4 Å². The second-order valence-electron chi connectivity index (χ2n) is 5.44. The summed E-state index contributed by atoms with van der Waals surface area (Å²) < 4.78 is 0. The fourth-order valence-electron chi connectivity index (χ4n) is 2.13. The molecule has 0 saturated carbocycles. The standard InChI is InChI=1S/C18H15ClN4O3/c1-11-4-3-5-16(12(11)2)21-10-13(9-20)18(24)22-14-6-7-15(19)17(8-14)23(25)26/h3-8,10,21H,1-2H3,(H,22,24)/b13-10-. The van der Waals surface area contributed by atoms with Gasteiger partial charge in [-0.25, -0.2) is 0 Å². The summed E-state index contributed by atoms with van der Waals surface area (Å²) in [5.41, 5.74) is 2.49. The zero-order valence-electron chi connectivity index (χ0n) is 14.0. The summed E-state index contributed by atoms with van der Waals surface area (Å²) in [5, 5.41) is 25.5. The van der Waals surface area contributed by atoms with E-state index in [1.807, 2.05) is 32.0 Å². The van der Waals surface area contributed by atoms with Crippen molar-refractivity contribution in [2.75, 3.05) is 10.6 Å². The third-order valence-electron chi connectivity index (χ3n) is 3.74. The molecule has 0 radical (unpaired) electrons. The molecule has 0 heterocycles. The number of benzene rings is 2. The maximum absolute atomic E-state index is 12.2. The molecule has 2 rings (SSSR count). The molecule has 0 aliphatic carbocycles. The van der Waals surface area contributed by atoms with Gasteiger partial charge in [0.2, 0.25) is 0 Å². The Labute approximate surface area is 155 Å². The lowest BCUT2D eigenvalue weighted by atomic mass is 10.1. The molecule has 0 saturated heterocycles. The predicted molar refractivity (Wildman–Crippen MR) is 100.0 cm³/mol. The minimum Gasteiger partial charge on any atom is -0.360 e. The van der Waals surface area contributed by atoms with Crippen LogP contribution in [0.2, 0.25) is 5.02 Å². The van der Waals surface area contributed by atoms with Crippen molar-refractivity contribution < 1.29 is 9.72 Å². The van der Waals surface area contributed by atoms with Crippen LogP contribution < -0.4 is 10.6 Å². The highest BCUT2D eigenvalue weighted by molar-refractivity contribution is 6.32. The van der Waals surface area contributed by atoms with E-state index in [0.717, 1.165) is 22.9 Å². The number of hydrogen-bond acceptors (Lipinski definition) is 5. The number of anilines is 2. The van der Waals surface area contributed by atoms with Gasteiger partial charge in [-0.2, -0.15) is 5.26 Å². The molecular weight excluding hydrogens is 356 g/mol. The van der Waals surface area contributed by atoms with Crippen molar-refractivity contribution in [1.29, 1.82) is 5.26 Å². The zero-order chi connectivity index (χ0) is 19.3. The van der Waals surface area contributed by atoms with Crippen LogP contribution in [0.1, 0.15) is 11.1 Å². The van der Waals surface area contributed by atoms with Crippen molar-refractivity contribution in [2.45, 2.75) is 13.8 Å². The molecule has 0 aliphatic rings. The van der Waals surface area contributed by atoms with Crippen molar-refractivity contribution >= 4 is 34.6 Å². The Bertz CT molecular complexity index is 948. The summed E-state index contributed by atoms with van der Waals surface area (Å²) in [7, 11) is 0. The van der Waals surface area contributed by atoms with E-state index in [1.54, 1.807) is 6.07 Å². The van der Waals surface area contributed by atoms with E-state index in [2.05, 4.69) is 10.6 Å². The largest absolute Gasteiger partial charge is 0.360 e. The summed E-state index contributed by atoms with van der Waals surface area (Å²) in [6, 6.07) is 11.3. The normalized spacial score (nSPS) is 10.8. The van der Waals surface area contributed by atoms with Crippen molar-refractivity contribution in [2.24, 2.45) is 0 Å². The van der Waals surface area contributed by atoms with Crippen molar-refractivity contribution in [1.82, 2.24) is 0 Å². The second-order valence-corrected chi connectivity index (χ2v) is 5.85. The summed E-state index contributed by atoms with van der Waals surface area (Å²) in [6.07, 6.45) is 1.29. The van der Waals surface area contributed by atoms with E-state index in [0.29, 0.717) is 0 Å². The van der Waals surface area contributed by atoms with Crippen molar-refractivity contribution in [3.8, 4) is 6.07 Å². The number of nitrogens with one attached hydrogen (secondary N) is 2. The molecule has 0 fully saturated rings. The van der Waals surface area contributed by atoms with Crippen LogP contribution >= 0.6 is 11.6 Å². The molecule has 2 aromatic carbocycles. The number of hydrogen-bond donors (Lipinski definition) is 2. The van der Waals surface area contributed by atoms with E-state index in [-0.39, 0.29) is 22.0 Å². The lowest BCUT2D eigenvalue weighted by molar-refractivity contribution is -0.384. The molecule has 0 bridgehead atoms. The minimum absolute atomic E-state index is 0.0411. The first-order valence-electron chi connectivity index (χ1n) is 7.51. The van der Waals surface area contributed by atoms with Crippen LogP contribution in [0, 0.1) is 35.3 Å². The van der Waals surface area contributed by atoms with Gasteiger partial charge in [0.25, 0.3) is 11.6 Å². The van der Waals surface area contributed by atoms with Gasteiger partial charge in [-0.1, -0.05) is 23.7 Å². The molecule has 1 amide bonds. The lowest BCUT2D eigenvalue weighted by Gasteiger charge is -2.09. The van der Waals surface area contributed by atoms with Gasteiger partial charge in [-0.3, -0.25) is 14.9 Å². The molecule has 8 heteroatoms. The quantitative estimate of drug-likeness (QED) is 0.352. The molecule has 0 aromatic heterocycles. The molecule has 2 N–H and O–H groups in total. The van der Waals surface area contributed by atoms with E-state index in [4.69, 9.17) is 11.6 Å². The Morgan fingerprint density at radius 3 is 2.69 bits per heavy atom.